The molecule has 0 aromatic heterocycles. The van der Waals surface area contributed by atoms with Gasteiger partial charge in [-0.2, -0.15) is 0 Å². The van der Waals surface area contributed by atoms with Crippen molar-refractivity contribution in [3.05, 3.63) is 174 Å². The SMILES string of the molecule is CC1=CC2(c3ccccc3-c3cc(-c4cc5ccccc5c5ccccc45)c(N(c4ccccc4)c4ccc(C(C)(C)C)cc4)cc32)C2CC(C)CC1C2. The molecule has 10 rings (SSSR count). The lowest BCUT2D eigenvalue weighted by molar-refractivity contribution is 0.168. The Hall–Kier alpha value is -5.40. The second-order valence-corrected chi connectivity index (χ2v) is 17.6. The van der Waals surface area contributed by atoms with Crippen molar-refractivity contribution in [2.45, 2.75) is 64.7 Å². The molecule has 0 aliphatic heterocycles. The van der Waals surface area contributed by atoms with Gasteiger partial charge in [-0.15, -0.1) is 0 Å². The fourth-order valence-corrected chi connectivity index (χ4v) is 10.7. The monoisotopic (exact) mass is 699 g/mol. The van der Waals surface area contributed by atoms with E-state index in [4.69, 9.17) is 0 Å². The largest absolute Gasteiger partial charge is 0.310 e. The molecule has 4 unspecified atom stereocenters. The highest BCUT2D eigenvalue weighted by atomic mass is 15.1. The van der Waals surface area contributed by atoms with Crippen LogP contribution in [0.5, 0.6) is 0 Å². The molecule has 266 valence electrons. The lowest BCUT2D eigenvalue weighted by Crippen LogP contribution is -2.42. The molecule has 0 N–H and O–H groups in total. The van der Waals surface area contributed by atoms with Crippen LogP contribution in [0, 0.1) is 17.8 Å². The highest BCUT2D eigenvalue weighted by molar-refractivity contribution is 6.15. The molecule has 1 fully saturated rings. The number of hydrogen-bond acceptors (Lipinski definition) is 1. The molecule has 1 nitrogen and oxygen atoms in total. The van der Waals surface area contributed by atoms with Gasteiger partial charge in [0.05, 0.1) is 5.69 Å². The fourth-order valence-electron chi connectivity index (χ4n) is 10.7. The predicted octanol–water partition coefficient (Wildman–Crippen LogP) is 14.7. The molecule has 54 heavy (non-hydrogen) atoms. The van der Waals surface area contributed by atoms with E-state index in [2.05, 4.69) is 191 Å². The lowest BCUT2D eigenvalue weighted by Gasteiger charge is -2.49. The van der Waals surface area contributed by atoms with Crippen LogP contribution in [0.25, 0.3) is 43.8 Å². The molecule has 1 spiro atoms. The van der Waals surface area contributed by atoms with Gasteiger partial charge in [-0.1, -0.05) is 142 Å². The van der Waals surface area contributed by atoms with Crippen molar-refractivity contribution in [3.8, 4) is 22.3 Å². The average molecular weight is 700 g/mol. The number of anilines is 3. The van der Waals surface area contributed by atoms with Crippen molar-refractivity contribution in [1.29, 1.82) is 0 Å². The van der Waals surface area contributed by atoms with Gasteiger partial charge >= 0.3 is 0 Å². The molecule has 3 aliphatic carbocycles. The van der Waals surface area contributed by atoms with E-state index in [0.717, 1.165) is 5.92 Å². The maximum absolute atomic E-state index is 2.72. The van der Waals surface area contributed by atoms with E-state index in [0.29, 0.717) is 11.8 Å². The second-order valence-electron chi connectivity index (χ2n) is 17.6. The van der Waals surface area contributed by atoms with Crippen LogP contribution in [0.4, 0.5) is 17.1 Å². The first-order valence-electron chi connectivity index (χ1n) is 20.0. The van der Waals surface area contributed by atoms with Crippen LogP contribution < -0.4 is 4.90 Å². The van der Waals surface area contributed by atoms with Crippen LogP contribution >= 0.6 is 0 Å². The summed E-state index contributed by atoms with van der Waals surface area (Å²) in [5, 5.41) is 5.14. The topological polar surface area (TPSA) is 3.24 Å². The second kappa shape index (κ2) is 12.3. The van der Waals surface area contributed by atoms with Crippen LogP contribution in [0.15, 0.2) is 157 Å². The molecule has 4 atom stereocenters. The summed E-state index contributed by atoms with van der Waals surface area (Å²) in [5.74, 6) is 1.97. The summed E-state index contributed by atoms with van der Waals surface area (Å²) in [6, 6.07) is 55.3. The summed E-state index contributed by atoms with van der Waals surface area (Å²) in [6.45, 7) is 11.8. The third-order valence-corrected chi connectivity index (χ3v) is 13.2. The Kier molecular flexibility index (Phi) is 7.57. The van der Waals surface area contributed by atoms with Crippen molar-refractivity contribution < 1.29 is 0 Å². The molecule has 0 heterocycles. The van der Waals surface area contributed by atoms with E-state index in [1.165, 1.54) is 96.8 Å². The molecule has 0 saturated heterocycles. The number of nitrogens with zero attached hydrogens (tertiary/aromatic N) is 1. The smallest absolute Gasteiger partial charge is 0.0543 e. The predicted molar refractivity (Wildman–Crippen MR) is 230 cm³/mol. The van der Waals surface area contributed by atoms with E-state index >= 15 is 0 Å². The molecule has 7 aromatic rings. The standard InChI is InChI=1S/C53H49N/c1-34-27-37-29-39(28-34)53(33-35(37)2)49-22-14-13-21-45(49)47-31-48(46-30-36-15-9-10-18-42(36)43-19-11-12-20-44(43)46)51(32-50(47)53)54(40-16-7-6-8-17-40)41-25-23-38(24-26-41)52(3,4)5/h6-26,30-34,37,39H,27-29H2,1-5H3. The van der Waals surface area contributed by atoms with Crippen LogP contribution in [0.1, 0.15) is 70.6 Å². The van der Waals surface area contributed by atoms with Crippen molar-refractivity contribution in [3.63, 3.8) is 0 Å². The molecule has 1 heteroatoms. The van der Waals surface area contributed by atoms with Crippen LogP contribution in [-0.4, -0.2) is 0 Å². The summed E-state index contributed by atoms with van der Waals surface area (Å²) in [7, 11) is 0. The first-order chi connectivity index (χ1) is 26.2. The zero-order valence-electron chi connectivity index (χ0n) is 32.2. The molecular weight excluding hydrogens is 651 g/mol. The number of fused-ring (bicyclic) bond motifs is 11. The summed E-state index contributed by atoms with van der Waals surface area (Å²) in [6.07, 6.45) is 6.57. The minimum atomic E-state index is -0.154. The number of rotatable bonds is 4. The van der Waals surface area contributed by atoms with E-state index < -0.39 is 0 Å². The number of hydrogen-bond donors (Lipinski definition) is 0. The molecule has 0 radical (unpaired) electrons. The van der Waals surface area contributed by atoms with Gasteiger partial charge in [-0.05, 0) is 147 Å². The van der Waals surface area contributed by atoms with Gasteiger partial charge in [0.2, 0.25) is 0 Å². The molecule has 2 bridgehead atoms. The van der Waals surface area contributed by atoms with Gasteiger partial charge in [-0.3, -0.25) is 0 Å². The van der Waals surface area contributed by atoms with E-state index in [1.54, 1.807) is 5.57 Å². The van der Waals surface area contributed by atoms with Crippen LogP contribution in [-0.2, 0) is 10.8 Å². The van der Waals surface area contributed by atoms with Gasteiger partial charge in [0.25, 0.3) is 0 Å². The Labute approximate surface area is 321 Å². The van der Waals surface area contributed by atoms with Gasteiger partial charge in [-0.25, -0.2) is 0 Å². The van der Waals surface area contributed by atoms with Gasteiger partial charge in [0.1, 0.15) is 0 Å². The molecule has 3 aliphatic rings. The molecule has 1 saturated carbocycles. The number of benzene rings is 7. The fraction of sp³-hybridized carbons (Fsp3) is 0.245. The maximum Gasteiger partial charge on any atom is 0.0543 e. The minimum absolute atomic E-state index is 0.0666. The summed E-state index contributed by atoms with van der Waals surface area (Å²) in [4.78, 5) is 2.54. The van der Waals surface area contributed by atoms with Gasteiger partial charge in [0, 0.05) is 22.4 Å². The third kappa shape index (κ3) is 5.04. The summed E-state index contributed by atoms with van der Waals surface area (Å²) < 4.78 is 0. The summed E-state index contributed by atoms with van der Waals surface area (Å²) in [5.41, 5.74) is 14.7. The maximum atomic E-state index is 2.72. The first-order valence-corrected chi connectivity index (χ1v) is 20.0. The molecule has 0 amide bonds. The zero-order chi connectivity index (χ0) is 36.8. The number of para-hydroxylation sites is 1. The Morgan fingerprint density at radius 1 is 0.556 bits per heavy atom. The van der Waals surface area contributed by atoms with Crippen LogP contribution in [0.2, 0.25) is 0 Å². The van der Waals surface area contributed by atoms with Crippen molar-refractivity contribution in [2.75, 3.05) is 4.90 Å². The normalized spacial score (nSPS) is 21.6. The Morgan fingerprint density at radius 2 is 1.22 bits per heavy atom. The van der Waals surface area contributed by atoms with E-state index in [9.17, 15) is 0 Å². The lowest BCUT2D eigenvalue weighted by atomic mass is 9.55. The Bertz CT molecular complexity index is 2600. The average Bonchev–Trinajstić information content (AvgIpc) is 3.45. The van der Waals surface area contributed by atoms with Gasteiger partial charge in [0.15, 0.2) is 0 Å². The summed E-state index contributed by atoms with van der Waals surface area (Å²) >= 11 is 0. The van der Waals surface area contributed by atoms with Crippen molar-refractivity contribution in [2.24, 2.45) is 17.8 Å². The van der Waals surface area contributed by atoms with E-state index in [-0.39, 0.29) is 10.8 Å². The van der Waals surface area contributed by atoms with Gasteiger partial charge < -0.3 is 4.90 Å². The third-order valence-electron chi connectivity index (χ3n) is 13.2. The molecular formula is C53H49N. The van der Waals surface area contributed by atoms with Crippen molar-refractivity contribution in [1.82, 2.24) is 0 Å². The number of allylic oxidation sites excluding steroid dienone is 2. The van der Waals surface area contributed by atoms with Crippen LogP contribution in [0.3, 0.4) is 0 Å². The Balaban J connectivity index is 1.33. The first kappa shape index (κ1) is 33.2. The minimum Gasteiger partial charge on any atom is -0.310 e. The van der Waals surface area contributed by atoms with Crippen molar-refractivity contribution >= 4 is 38.6 Å². The zero-order valence-corrected chi connectivity index (χ0v) is 32.2. The molecule has 7 aromatic carbocycles. The highest BCUT2D eigenvalue weighted by Gasteiger charge is 2.52. The Morgan fingerprint density at radius 3 is 2.00 bits per heavy atom. The quantitative estimate of drug-likeness (QED) is 0.131. The van der Waals surface area contributed by atoms with E-state index in [1.807, 2.05) is 0 Å². The highest BCUT2D eigenvalue weighted by Crippen LogP contribution is 2.63.